The molecule has 0 aliphatic rings. The van der Waals surface area contributed by atoms with Crippen LogP contribution in [0.2, 0.25) is 0 Å². The monoisotopic (exact) mass is 216 g/mol. The van der Waals surface area contributed by atoms with Crippen LogP contribution in [0.4, 0.5) is 5.69 Å². The molecule has 0 radical (unpaired) electrons. The van der Waals surface area contributed by atoms with Crippen LogP contribution >= 0.6 is 0 Å². The predicted octanol–water partition coefficient (Wildman–Crippen LogP) is 2.33. The molecule has 0 aliphatic heterocycles. The van der Waals surface area contributed by atoms with E-state index in [0.29, 0.717) is 12.1 Å². The molecule has 2 N–H and O–H groups in total. The molecule has 0 saturated heterocycles. The molecule has 1 unspecified atom stereocenters. The van der Waals surface area contributed by atoms with Crippen molar-refractivity contribution in [2.24, 2.45) is 11.7 Å². The quantitative estimate of drug-likeness (QED) is 0.785. The zero-order valence-electron chi connectivity index (χ0n) is 9.60. The Balaban J connectivity index is 2.67. The van der Waals surface area contributed by atoms with Crippen LogP contribution in [0.25, 0.3) is 4.85 Å². The number of nitrogens with two attached hydrogens (primary N) is 1. The molecule has 1 rings (SSSR count). The van der Waals surface area contributed by atoms with Gasteiger partial charge in [0.25, 0.3) is 0 Å². The van der Waals surface area contributed by atoms with E-state index in [0.717, 1.165) is 5.56 Å². The Kier molecular flexibility index (Phi) is 4.21. The van der Waals surface area contributed by atoms with Crippen molar-refractivity contribution in [3.8, 4) is 0 Å². The molecule has 3 nitrogen and oxygen atoms in total. The van der Waals surface area contributed by atoms with Crippen LogP contribution in [-0.2, 0) is 11.2 Å². The van der Waals surface area contributed by atoms with Crippen LogP contribution in [0.3, 0.4) is 0 Å². The number of rotatable bonds is 4. The molecule has 0 amide bonds. The summed E-state index contributed by atoms with van der Waals surface area (Å²) in [5.74, 6) is 0.0479. The Hall–Kier alpha value is -1.66. The minimum Gasteiger partial charge on any atom is -0.321 e. The number of carbonyl (C=O) groups is 1. The third kappa shape index (κ3) is 3.18. The first kappa shape index (κ1) is 12.4. The summed E-state index contributed by atoms with van der Waals surface area (Å²) in [6.07, 6.45) is 0.537. The van der Waals surface area contributed by atoms with Crippen molar-refractivity contribution >= 4 is 11.5 Å². The van der Waals surface area contributed by atoms with E-state index >= 15 is 0 Å². The third-order valence-electron chi connectivity index (χ3n) is 2.46. The van der Waals surface area contributed by atoms with Gasteiger partial charge in [0.15, 0.2) is 11.5 Å². The van der Waals surface area contributed by atoms with E-state index in [1.165, 1.54) is 0 Å². The molecule has 0 aromatic heterocycles. The summed E-state index contributed by atoms with van der Waals surface area (Å²) < 4.78 is 0. The fourth-order valence-electron chi connectivity index (χ4n) is 1.49. The largest absolute Gasteiger partial charge is 0.321 e. The minimum atomic E-state index is -0.446. The number of nitrogens with zero attached hydrogens (tertiary/aromatic N) is 1. The van der Waals surface area contributed by atoms with Crippen LogP contribution in [0.5, 0.6) is 0 Å². The zero-order chi connectivity index (χ0) is 12.1. The lowest BCUT2D eigenvalue weighted by Gasteiger charge is -2.12. The lowest BCUT2D eigenvalue weighted by molar-refractivity contribution is -0.123. The van der Waals surface area contributed by atoms with Crippen molar-refractivity contribution in [2.45, 2.75) is 26.3 Å². The van der Waals surface area contributed by atoms with Gasteiger partial charge in [0.2, 0.25) is 0 Å². The minimum absolute atomic E-state index is 0.0301. The summed E-state index contributed by atoms with van der Waals surface area (Å²) in [5.41, 5.74) is 7.41. The van der Waals surface area contributed by atoms with Crippen LogP contribution in [0.15, 0.2) is 24.3 Å². The van der Waals surface area contributed by atoms with Crippen molar-refractivity contribution < 1.29 is 4.79 Å². The maximum atomic E-state index is 11.6. The number of carbonyl (C=O) groups excluding carboxylic acids is 1. The molecule has 0 heterocycles. The Bertz CT molecular complexity index is 401. The zero-order valence-corrected chi connectivity index (χ0v) is 9.60. The van der Waals surface area contributed by atoms with Crippen molar-refractivity contribution in [1.29, 1.82) is 0 Å². The van der Waals surface area contributed by atoms with Gasteiger partial charge in [-0.2, -0.15) is 0 Å². The Morgan fingerprint density at radius 3 is 2.38 bits per heavy atom. The summed E-state index contributed by atoms with van der Waals surface area (Å²) in [5, 5.41) is 0. The normalized spacial score (nSPS) is 12.2. The molecular weight excluding hydrogens is 200 g/mol. The molecule has 1 aromatic rings. The molecule has 1 aromatic carbocycles. The predicted molar refractivity (Wildman–Crippen MR) is 64.2 cm³/mol. The smallest absolute Gasteiger partial charge is 0.187 e. The molecule has 0 fully saturated rings. The van der Waals surface area contributed by atoms with Crippen LogP contribution in [0, 0.1) is 12.5 Å². The van der Waals surface area contributed by atoms with E-state index < -0.39 is 6.04 Å². The highest BCUT2D eigenvalue weighted by Crippen LogP contribution is 2.14. The van der Waals surface area contributed by atoms with E-state index in [2.05, 4.69) is 4.85 Å². The number of benzene rings is 1. The van der Waals surface area contributed by atoms with Crippen LogP contribution in [0.1, 0.15) is 19.4 Å². The molecule has 1 atom stereocenters. The van der Waals surface area contributed by atoms with Crippen molar-refractivity contribution in [3.05, 3.63) is 41.2 Å². The van der Waals surface area contributed by atoms with Crippen molar-refractivity contribution in [3.63, 3.8) is 0 Å². The van der Waals surface area contributed by atoms with Gasteiger partial charge < -0.3 is 5.73 Å². The standard InChI is InChI=1S/C13H16N2O/c1-9(2)13(16)12(14)8-10-4-6-11(15-3)7-5-10/h4-7,9,12H,8,14H2,1-2H3. The average molecular weight is 216 g/mol. The Labute approximate surface area is 96.1 Å². The van der Waals surface area contributed by atoms with Gasteiger partial charge in [-0.25, -0.2) is 4.85 Å². The third-order valence-corrected chi connectivity index (χ3v) is 2.46. The topological polar surface area (TPSA) is 47.5 Å². The number of ketones is 1. The molecule has 0 bridgehead atoms. The van der Waals surface area contributed by atoms with Crippen molar-refractivity contribution in [2.75, 3.05) is 0 Å². The summed E-state index contributed by atoms with van der Waals surface area (Å²) in [6.45, 7) is 10.5. The lowest BCUT2D eigenvalue weighted by Crippen LogP contribution is -2.35. The maximum absolute atomic E-state index is 11.6. The highest BCUT2D eigenvalue weighted by atomic mass is 16.1. The number of hydrogen-bond acceptors (Lipinski definition) is 2. The molecular formula is C13H16N2O. The van der Waals surface area contributed by atoms with Gasteiger partial charge in [-0.15, -0.1) is 0 Å². The van der Waals surface area contributed by atoms with E-state index in [1.54, 1.807) is 12.1 Å². The summed E-state index contributed by atoms with van der Waals surface area (Å²) in [6, 6.07) is 6.74. The first-order valence-corrected chi connectivity index (χ1v) is 5.30. The summed E-state index contributed by atoms with van der Waals surface area (Å²) in [4.78, 5) is 14.9. The highest BCUT2D eigenvalue weighted by molar-refractivity contribution is 5.85. The van der Waals surface area contributed by atoms with Crippen LogP contribution < -0.4 is 5.73 Å². The van der Waals surface area contributed by atoms with Gasteiger partial charge in [0.1, 0.15) is 0 Å². The molecule has 84 valence electrons. The van der Waals surface area contributed by atoms with E-state index in [4.69, 9.17) is 12.3 Å². The fourth-order valence-corrected chi connectivity index (χ4v) is 1.49. The molecule has 0 aliphatic carbocycles. The molecule has 3 heteroatoms. The molecule has 16 heavy (non-hydrogen) atoms. The second-order valence-electron chi connectivity index (χ2n) is 4.15. The first-order chi connectivity index (χ1) is 7.54. The fraction of sp³-hybridized carbons (Fsp3) is 0.385. The highest BCUT2D eigenvalue weighted by Gasteiger charge is 2.16. The Morgan fingerprint density at radius 2 is 1.94 bits per heavy atom. The second kappa shape index (κ2) is 5.43. The Morgan fingerprint density at radius 1 is 1.38 bits per heavy atom. The average Bonchev–Trinajstić information content (AvgIpc) is 2.28. The number of hydrogen-bond donors (Lipinski definition) is 1. The van der Waals surface area contributed by atoms with Gasteiger partial charge in [0.05, 0.1) is 12.6 Å². The van der Waals surface area contributed by atoms with Gasteiger partial charge in [0, 0.05) is 5.92 Å². The SMILES string of the molecule is [C-]#[N+]c1ccc(CC(N)C(=O)C(C)C)cc1. The first-order valence-electron chi connectivity index (χ1n) is 5.30. The van der Waals surface area contributed by atoms with Gasteiger partial charge in [-0.05, 0) is 12.0 Å². The van der Waals surface area contributed by atoms with E-state index in [-0.39, 0.29) is 11.7 Å². The summed E-state index contributed by atoms with van der Waals surface area (Å²) in [7, 11) is 0. The van der Waals surface area contributed by atoms with E-state index in [1.807, 2.05) is 26.0 Å². The molecule has 0 spiro atoms. The van der Waals surface area contributed by atoms with Gasteiger partial charge >= 0.3 is 0 Å². The number of Topliss-reactive ketones (excluding diaryl/α,β-unsaturated/α-hetero) is 1. The van der Waals surface area contributed by atoms with Gasteiger partial charge in [-0.1, -0.05) is 38.1 Å². The molecule has 0 saturated carbocycles. The summed E-state index contributed by atoms with van der Waals surface area (Å²) >= 11 is 0. The maximum Gasteiger partial charge on any atom is 0.187 e. The second-order valence-corrected chi connectivity index (χ2v) is 4.15. The lowest BCUT2D eigenvalue weighted by atomic mass is 9.96. The van der Waals surface area contributed by atoms with Crippen LogP contribution in [-0.4, -0.2) is 11.8 Å². The van der Waals surface area contributed by atoms with Crippen molar-refractivity contribution in [1.82, 2.24) is 0 Å². The van der Waals surface area contributed by atoms with E-state index in [9.17, 15) is 4.79 Å². The van der Waals surface area contributed by atoms with Gasteiger partial charge in [-0.3, -0.25) is 4.79 Å².